The van der Waals surface area contributed by atoms with E-state index in [1.807, 2.05) is 10.1 Å². The summed E-state index contributed by atoms with van der Waals surface area (Å²) in [6.45, 7) is 0.00689. The number of carbonyl (C=O) groups excluding carboxylic acids is 1. The van der Waals surface area contributed by atoms with E-state index in [0.717, 1.165) is 18.3 Å². The summed E-state index contributed by atoms with van der Waals surface area (Å²) in [5.74, 6) is -1.14. The maximum absolute atomic E-state index is 11.7. The number of amides is 1. The Balaban J connectivity index is 1.94. The van der Waals surface area contributed by atoms with E-state index < -0.39 is 22.1 Å². The van der Waals surface area contributed by atoms with Crippen molar-refractivity contribution in [2.75, 3.05) is 19.0 Å². The molecular weight excluding hydrogens is 378 g/mol. The Kier molecular flexibility index (Phi) is 6.40. The fourth-order valence-electron chi connectivity index (χ4n) is 1.99. The van der Waals surface area contributed by atoms with Crippen molar-refractivity contribution in [2.45, 2.75) is 6.42 Å². The highest BCUT2D eigenvalue weighted by atomic mass is 16.6. The van der Waals surface area contributed by atoms with E-state index in [4.69, 9.17) is 4.74 Å². The van der Waals surface area contributed by atoms with Crippen molar-refractivity contribution in [1.82, 2.24) is 20.6 Å². The average molecular weight is 393 g/mol. The number of nitro benzene ring substituents is 1. The average Bonchev–Trinajstić information content (AvgIpc) is 2.63. The van der Waals surface area contributed by atoms with Crippen LogP contribution in [0.4, 0.5) is 11.5 Å². The molecule has 0 aliphatic carbocycles. The lowest BCUT2D eigenvalue weighted by Gasteiger charge is -2.05. The standard InChI is InChI=1S/C14H15N7O7/c1-28-10-5-8(21(26)27)7(4-9(10)22)6-16-18-11(23)2-3-15-12-13(24)17-14(25)20-19-12/h4-6,22H,2-3H2,1H3,(H,15,19)(H,18,23)(H2,17,20,24,25)/b16-6+. The molecule has 5 N–H and O–H groups in total. The number of hydrogen-bond acceptors (Lipinski definition) is 10. The highest BCUT2D eigenvalue weighted by Crippen LogP contribution is 2.32. The summed E-state index contributed by atoms with van der Waals surface area (Å²) in [4.78, 5) is 46.3. The summed E-state index contributed by atoms with van der Waals surface area (Å²) in [7, 11) is 1.25. The van der Waals surface area contributed by atoms with Gasteiger partial charge in [-0.15, -0.1) is 5.10 Å². The molecule has 0 saturated carbocycles. The first-order valence-electron chi connectivity index (χ1n) is 7.62. The number of nitrogens with zero attached hydrogens (tertiary/aromatic N) is 3. The predicted octanol–water partition coefficient (Wildman–Crippen LogP) is -0.967. The van der Waals surface area contributed by atoms with Gasteiger partial charge in [0.15, 0.2) is 11.5 Å². The first-order valence-corrected chi connectivity index (χ1v) is 7.62. The fraction of sp³-hybridized carbons (Fsp3) is 0.214. The van der Waals surface area contributed by atoms with Crippen molar-refractivity contribution in [3.63, 3.8) is 0 Å². The molecule has 0 saturated heterocycles. The minimum atomic E-state index is -0.763. The summed E-state index contributed by atoms with van der Waals surface area (Å²) in [6, 6.07) is 2.10. The maximum atomic E-state index is 11.7. The van der Waals surface area contributed by atoms with Gasteiger partial charge in [0.05, 0.1) is 29.9 Å². The molecule has 0 radical (unpaired) electrons. The molecule has 0 aliphatic rings. The van der Waals surface area contributed by atoms with Gasteiger partial charge in [-0.05, 0) is 6.07 Å². The van der Waals surface area contributed by atoms with E-state index in [2.05, 4.69) is 20.9 Å². The number of aromatic nitrogens is 3. The van der Waals surface area contributed by atoms with Crippen LogP contribution in [0, 0.1) is 10.1 Å². The fourth-order valence-corrected chi connectivity index (χ4v) is 1.99. The molecule has 0 spiro atoms. The van der Waals surface area contributed by atoms with Gasteiger partial charge in [0, 0.05) is 13.0 Å². The zero-order chi connectivity index (χ0) is 20.7. The number of nitro groups is 1. The van der Waals surface area contributed by atoms with E-state index in [-0.39, 0.29) is 41.5 Å². The SMILES string of the molecule is COc1cc([N+](=O)[O-])c(/C=N/NC(=O)CCNc2n[nH]c(=O)[nH]c2=O)cc1O. The number of carbonyl (C=O) groups is 1. The molecular formula is C14H15N7O7. The van der Waals surface area contributed by atoms with Gasteiger partial charge in [-0.1, -0.05) is 0 Å². The van der Waals surface area contributed by atoms with Crippen LogP contribution in [0.3, 0.4) is 0 Å². The first-order chi connectivity index (χ1) is 13.3. The molecule has 14 heteroatoms. The molecule has 0 fully saturated rings. The summed E-state index contributed by atoms with van der Waals surface area (Å²) in [5.41, 5.74) is 0.214. The summed E-state index contributed by atoms with van der Waals surface area (Å²) in [6.07, 6.45) is 0.879. The topological polar surface area (TPSA) is 205 Å². The van der Waals surface area contributed by atoms with Crippen LogP contribution < -0.4 is 26.7 Å². The highest BCUT2D eigenvalue weighted by molar-refractivity contribution is 5.88. The Morgan fingerprint density at radius 1 is 1.46 bits per heavy atom. The number of benzene rings is 1. The number of hydrazone groups is 1. The Labute approximate surface area is 155 Å². The smallest absolute Gasteiger partial charge is 0.342 e. The van der Waals surface area contributed by atoms with Gasteiger partial charge in [-0.25, -0.2) is 15.3 Å². The molecule has 1 amide bonds. The van der Waals surface area contributed by atoms with Gasteiger partial charge in [-0.2, -0.15) is 5.10 Å². The van der Waals surface area contributed by atoms with Gasteiger partial charge >= 0.3 is 5.69 Å². The molecule has 0 atom stereocenters. The number of phenols is 1. The first kappa shape index (κ1) is 20.1. The van der Waals surface area contributed by atoms with E-state index >= 15 is 0 Å². The molecule has 0 unspecified atom stereocenters. The van der Waals surface area contributed by atoms with E-state index in [0.29, 0.717) is 0 Å². The number of aromatic amines is 2. The number of H-pyrrole nitrogens is 2. The van der Waals surface area contributed by atoms with Crippen LogP contribution in [0.15, 0.2) is 26.8 Å². The third kappa shape index (κ3) is 5.13. The van der Waals surface area contributed by atoms with E-state index in [9.17, 15) is 29.6 Å². The number of methoxy groups -OCH3 is 1. The minimum absolute atomic E-state index is 0.00689. The second kappa shape index (κ2) is 8.93. The monoisotopic (exact) mass is 393 g/mol. The largest absolute Gasteiger partial charge is 0.504 e. The molecule has 1 heterocycles. The number of rotatable bonds is 8. The van der Waals surface area contributed by atoms with Gasteiger partial charge in [0.2, 0.25) is 11.7 Å². The molecule has 2 aromatic rings. The molecule has 28 heavy (non-hydrogen) atoms. The van der Waals surface area contributed by atoms with Crippen LogP contribution in [0.1, 0.15) is 12.0 Å². The number of anilines is 1. The molecule has 2 rings (SSSR count). The van der Waals surface area contributed by atoms with E-state index in [1.54, 1.807) is 0 Å². The lowest BCUT2D eigenvalue weighted by atomic mass is 10.1. The molecule has 1 aromatic heterocycles. The number of phenolic OH excluding ortho intramolecular Hbond substituents is 1. The zero-order valence-electron chi connectivity index (χ0n) is 14.4. The second-order valence-corrected chi connectivity index (χ2v) is 5.17. The predicted molar refractivity (Wildman–Crippen MR) is 95.6 cm³/mol. The van der Waals surface area contributed by atoms with Crippen molar-refractivity contribution in [3.8, 4) is 11.5 Å². The minimum Gasteiger partial charge on any atom is -0.504 e. The van der Waals surface area contributed by atoms with Crippen LogP contribution in [-0.4, -0.2) is 51.0 Å². The third-order valence-electron chi connectivity index (χ3n) is 3.27. The third-order valence-corrected chi connectivity index (χ3v) is 3.27. The van der Waals surface area contributed by atoms with Gasteiger partial charge in [0.1, 0.15) is 0 Å². The van der Waals surface area contributed by atoms with Crippen LogP contribution in [-0.2, 0) is 4.79 Å². The van der Waals surface area contributed by atoms with Crippen LogP contribution in [0.5, 0.6) is 11.5 Å². The number of aromatic hydroxyl groups is 1. The normalized spacial score (nSPS) is 10.6. The van der Waals surface area contributed by atoms with E-state index in [1.165, 1.54) is 7.11 Å². The number of nitrogens with one attached hydrogen (secondary N) is 4. The zero-order valence-corrected chi connectivity index (χ0v) is 14.4. The lowest BCUT2D eigenvalue weighted by molar-refractivity contribution is -0.385. The quantitative estimate of drug-likeness (QED) is 0.212. The second-order valence-electron chi connectivity index (χ2n) is 5.17. The number of ether oxygens (including phenoxy) is 1. The maximum Gasteiger partial charge on any atom is 0.342 e. The van der Waals surface area contributed by atoms with Crippen molar-refractivity contribution >= 4 is 23.6 Å². The van der Waals surface area contributed by atoms with Gasteiger partial charge in [-0.3, -0.25) is 24.7 Å². The lowest BCUT2D eigenvalue weighted by Crippen LogP contribution is -2.28. The van der Waals surface area contributed by atoms with Gasteiger partial charge < -0.3 is 15.2 Å². The number of hydrogen-bond donors (Lipinski definition) is 5. The van der Waals surface area contributed by atoms with Gasteiger partial charge in [0.25, 0.3) is 11.2 Å². The summed E-state index contributed by atoms with van der Waals surface area (Å²) < 4.78 is 4.80. The Bertz CT molecular complexity index is 1030. The van der Waals surface area contributed by atoms with Crippen molar-refractivity contribution < 1.29 is 19.6 Å². The van der Waals surface area contributed by atoms with Crippen LogP contribution >= 0.6 is 0 Å². The molecule has 148 valence electrons. The van der Waals surface area contributed by atoms with Crippen molar-refractivity contribution in [1.29, 1.82) is 0 Å². The van der Waals surface area contributed by atoms with Crippen LogP contribution in [0.2, 0.25) is 0 Å². The molecule has 0 bridgehead atoms. The molecule has 1 aromatic carbocycles. The summed E-state index contributed by atoms with van der Waals surface area (Å²) >= 11 is 0. The molecule has 14 nitrogen and oxygen atoms in total. The van der Waals surface area contributed by atoms with Crippen molar-refractivity contribution in [3.05, 3.63) is 48.6 Å². The van der Waals surface area contributed by atoms with Crippen LogP contribution in [0.25, 0.3) is 0 Å². The van der Waals surface area contributed by atoms with Crippen molar-refractivity contribution in [2.24, 2.45) is 5.10 Å². The Morgan fingerprint density at radius 2 is 2.21 bits per heavy atom. The highest BCUT2D eigenvalue weighted by Gasteiger charge is 2.17. The Hall–Kier alpha value is -4.23. The molecule has 0 aliphatic heterocycles. The summed E-state index contributed by atoms with van der Waals surface area (Å²) in [5, 5.41) is 32.4. The Morgan fingerprint density at radius 3 is 2.86 bits per heavy atom.